The molecule has 1 aliphatic carbocycles. The summed E-state index contributed by atoms with van der Waals surface area (Å²) >= 11 is 12.6. The van der Waals surface area contributed by atoms with Gasteiger partial charge in [-0.05, 0) is 29.5 Å². The summed E-state index contributed by atoms with van der Waals surface area (Å²) in [5.41, 5.74) is 2.52. The van der Waals surface area contributed by atoms with Crippen molar-refractivity contribution in [3.8, 4) is 0 Å². The van der Waals surface area contributed by atoms with Crippen LogP contribution in [0.2, 0.25) is 10.0 Å². The van der Waals surface area contributed by atoms with E-state index < -0.39 is 0 Å². The predicted octanol–water partition coefficient (Wildman–Crippen LogP) is 5.73. The monoisotopic (exact) mass is 360 g/mol. The third-order valence-electron chi connectivity index (χ3n) is 4.89. The van der Waals surface area contributed by atoms with Crippen LogP contribution in [0.25, 0.3) is 0 Å². The van der Waals surface area contributed by atoms with Crippen LogP contribution >= 0.6 is 23.2 Å². The van der Waals surface area contributed by atoms with Gasteiger partial charge in [0, 0.05) is 12.0 Å². The van der Waals surface area contributed by atoms with Crippen molar-refractivity contribution in [3.63, 3.8) is 0 Å². The lowest BCUT2D eigenvalue weighted by atomic mass is 9.77. The number of benzene rings is 2. The van der Waals surface area contributed by atoms with Crippen molar-refractivity contribution in [1.82, 2.24) is 0 Å². The molecule has 1 N–H and O–H groups in total. The maximum absolute atomic E-state index is 11.4. The third-order valence-corrected chi connectivity index (χ3v) is 5.72. The highest BCUT2D eigenvalue weighted by atomic mass is 35.5. The Kier molecular flexibility index (Phi) is 3.74. The molecular formula is C18H14Cl2N2O2. The van der Waals surface area contributed by atoms with Gasteiger partial charge in [-0.1, -0.05) is 59.6 Å². The fourth-order valence-corrected chi connectivity index (χ4v) is 4.25. The molecule has 2 aromatic carbocycles. The van der Waals surface area contributed by atoms with E-state index in [1.807, 2.05) is 18.2 Å². The van der Waals surface area contributed by atoms with E-state index >= 15 is 0 Å². The number of rotatable bonds is 2. The molecule has 0 fully saturated rings. The number of nitrogens with one attached hydrogen (secondary N) is 1. The van der Waals surface area contributed by atoms with Gasteiger partial charge in [0.1, 0.15) is 5.69 Å². The van der Waals surface area contributed by atoms with E-state index in [0.717, 1.165) is 17.5 Å². The molecular weight excluding hydrogens is 347 g/mol. The van der Waals surface area contributed by atoms with Gasteiger partial charge in [-0.25, -0.2) is 0 Å². The Balaban J connectivity index is 1.88. The number of nitro benzene ring substituents is 1. The molecule has 4 rings (SSSR count). The summed E-state index contributed by atoms with van der Waals surface area (Å²) < 4.78 is 0. The molecule has 0 amide bonds. The van der Waals surface area contributed by atoms with Crippen molar-refractivity contribution in [3.05, 3.63) is 79.8 Å². The highest BCUT2D eigenvalue weighted by Crippen LogP contribution is 2.53. The maximum Gasteiger partial charge on any atom is 0.292 e. The second-order valence-electron chi connectivity index (χ2n) is 6.12. The first-order valence-corrected chi connectivity index (χ1v) is 8.48. The number of nitro groups is 1. The van der Waals surface area contributed by atoms with Gasteiger partial charge in [-0.3, -0.25) is 10.1 Å². The summed E-state index contributed by atoms with van der Waals surface area (Å²) in [5, 5.41) is 15.8. The van der Waals surface area contributed by atoms with Crippen molar-refractivity contribution in [2.45, 2.75) is 18.4 Å². The molecule has 122 valence electrons. The number of para-hydroxylation sites is 1. The van der Waals surface area contributed by atoms with Crippen molar-refractivity contribution < 1.29 is 4.92 Å². The highest BCUT2D eigenvalue weighted by Gasteiger charge is 2.41. The van der Waals surface area contributed by atoms with Crippen molar-refractivity contribution in [2.24, 2.45) is 5.92 Å². The minimum atomic E-state index is -0.346. The van der Waals surface area contributed by atoms with Gasteiger partial charge in [-0.2, -0.15) is 0 Å². The number of hydrogen-bond acceptors (Lipinski definition) is 3. The van der Waals surface area contributed by atoms with Crippen molar-refractivity contribution >= 4 is 34.6 Å². The Labute approximate surface area is 149 Å². The Morgan fingerprint density at radius 2 is 1.88 bits per heavy atom. The lowest BCUT2D eigenvalue weighted by molar-refractivity contribution is -0.384. The largest absolute Gasteiger partial charge is 0.372 e. The maximum atomic E-state index is 11.4. The fraction of sp³-hybridized carbons (Fsp3) is 0.222. The zero-order valence-corrected chi connectivity index (χ0v) is 14.1. The Bertz CT molecular complexity index is 866. The third kappa shape index (κ3) is 2.29. The molecule has 2 aromatic rings. The highest BCUT2D eigenvalue weighted by molar-refractivity contribution is 6.42. The van der Waals surface area contributed by atoms with Crippen LogP contribution in [0.4, 0.5) is 11.4 Å². The minimum absolute atomic E-state index is 0.0920. The van der Waals surface area contributed by atoms with E-state index in [1.54, 1.807) is 12.1 Å². The zero-order chi connectivity index (χ0) is 16.8. The number of fused-ring (bicyclic) bond motifs is 3. The van der Waals surface area contributed by atoms with Gasteiger partial charge in [0.2, 0.25) is 0 Å². The Hall–Kier alpha value is -2.04. The lowest BCUT2D eigenvalue weighted by Crippen LogP contribution is -2.29. The first kappa shape index (κ1) is 15.5. The molecule has 0 bridgehead atoms. The average molecular weight is 361 g/mol. The second kappa shape index (κ2) is 5.80. The molecule has 24 heavy (non-hydrogen) atoms. The van der Waals surface area contributed by atoms with E-state index in [9.17, 15) is 10.1 Å². The summed E-state index contributed by atoms with van der Waals surface area (Å²) in [6.45, 7) is 0. The Morgan fingerprint density at radius 3 is 2.67 bits per heavy atom. The summed E-state index contributed by atoms with van der Waals surface area (Å²) in [5.74, 6) is 0.400. The van der Waals surface area contributed by atoms with E-state index in [4.69, 9.17) is 23.2 Å². The normalized spacial score (nSPS) is 24.2. The van der Waals surface area contributed by atoms with E-state index in [0.29, 0.717) is 15.7 Å². The predicted molar refractivity (Wildman–Crippen MR) is 95.9 cm³/mol. The molecule has 4 nitrogen and oxygen atoms in total. The molecule has 0 radical (unpaired) electrons. The minimum Gasteiger partial charge on any atom is -0.372 e. The van der Waals surface area contributed by atoms with Crippen LogP contribution in [0.5, 0.6) is 0 Å². The number of anilines is 1. The molecule has 6 heteroatoms. The molecule has 1 aliphatic heterocycles. The topological polar surface area (TPSA) is 55.2 Å². The smallest absolute Gasteiger partial charge is 0.292 e. The molecule has 0 unspecified atom stereocenters. The molecule has 0 saturated heterocycles. The van der Waals surface area contributed by atoms with Gasteiger partial charge in [0.05, 0.1) is 21.0 Å². The molecule has 0 saturated carbocycles. The van der Waals surface area contributed by atoms with Gasteiger partial charge < -0.3 is 5.32 Å². The summed E-state index contributed by atoms with van der Waals surface area (Å²) in [7, 11) is 0. The molecule has 0 spiro atoms. The van der Waals surface area contributed by atoms with Crippen LogP contribution in [0.15, 0.2) is 48.6 Å². The molecule has 3 atom stereocenters. The summed E-state index contributed by atoms with van der Waals surface area (Å²) in [4.78, 5) is 11.1. The summed E-state index contributed by atoms with van der Waals surface area (Å²) in [6.07, 6.45) is 5.17. The van der Waals surface area contributed by atoms with Crippen LogP contribution < -0.4 is 5.32 Å². The van der Waals surface area contributed by atoms with Gasteiger partial charge >= 0.3 is 0 Å². The lowest BCUT2D eigenvalue weighted by Gasteiger charge is -2.37. The SMILES string of the molecule is O=[N+]([O-])c1cccc2c1N[C@H](c1cccc(Cl)c1Cl)[C@H]1CC=C[C@@H]21. The van der Waals surface area contributed by atoms with Crippen molar-refractivity contribution in [1.29, 1.82) is 0 Å². The molecule has 2 aliphatic rings. The van der Waals surface area contributed by atoms with Gasteiger partial charge in [-0.15, -0.1) is 0 Å². The molecule has 0 aromatic heterocycles. The zero-order valence-electron chi connectivity index (χ0n) is 12.6. The van der Waals surface area contributed by atoms with E-state index in [1.165, 1.54) is 6.07 Å². The number of hydrogen-bond donors (Lipinski definition) is 1. The van der Waals surface area contributed by atoms with Crippen LogP contribution in [0, 0.1) is 16.0 Å². The van der Waals surface area contributed by atoms with Gasteiger partial charge in [0.15, 0.2) is 0 Å². The van der Waals surface area contributed by atoms with Crippen LogP contribution in [0.3, 0.4) is 0 Å². The standard InChI is InChI=1S/C18H14Cl2N2O2/c19-14-8-2-7-13(16(14)20)17-11-5-1-4-10(11)12-6-3-9-15(22(23)24)18(12)21-17/h1-4,6-11,17,21H,5H2/t10-,11+,17+/m1/s1. The first-order chi connectivity index (χ1) is 11.6. The summed E-state index contributed by atoms with van der Waals surface area (Å²) in [6, 6.07) is 10.6. The second-order valence-corrected chi connectivity index (χ2v) is 6.90. The van der Waals surface area contributed by atoms with E-state index in [-0.39, 0.29) is 28.5 Å². The number of halogens is 2. The van der Waals surface area contributed by atoms with Crippen LogP contribution in [-0.4, -0.2) is 4.92 Å². The number of allylic oxidation sites excluding steroid dienone is 2. The van der Waals surface area contributed by atoms with Crippen LogP contribution in [0.1, 0.15) is 29.5 Å². The van der Waals surface area contributed by atoms with E-state index in [2.05, 4.69) is 17.5 Å². The Morgan fingerprint density at radius 1 is 1.12 bits per heavy atom. The quantitative estimate of drug-likeness (QED) is 0.422. The van der Waals surface area contributed by atoms with Gasteiger partial charge in [0.25, 0.3) is 5.69 Å². The molecule has 1 heterocycles. The number of nitrogens with zero attached hydrogens (tertiary/aromatic N) is 1. The van der Waals surface area contributed by atoms with Crippen LogP contribution in [-0.2, 0) is 0 Å². The van der Waals surface area contributed by atoms with Crippen molar-refractivity contribution in [2.75, 3.05) is 5.32 Å². The average Bonchev–Trinajstić information content (AvgIpc) is 3.06. The first-order valence-electron chi connectivity index (χ1n) is 7.72. The fourth-order valence-electron chi connectivity index (χ4n) is 3.83.